The number of hydrogen-bond acceptors (Lipinski definition) is 9. The van der Waals surface area contributed by atoms with Gasteiger partial charge in [-0.2, -0.15) is 0 Å². The van der Waals surface area contributed by atoms with Gasteiger partial charge in [-0.15, -0.1) is 0 Å². The number of nitrogens with zero attached hydrogens (tertiary/aromatic N) is 2. The zero-order valence-corrected chi connectivity index (χ0v) is 24.7. The van der Waals surface area contributed by atoms with E-state index in [1.165, 1.54) is 30.1 Å². The lowest BCUT2D eigenvalue weighted by Gasteiger charge is -2.27. The van der Waals surface area contributed by atoms with E-state index in [-0.39, 0.29) is 17.7 Å². The molecule has 0 unspecified atom stereocenters. The van der Waals surface area contributed by atoms with E-state index in [9.17, 15) is 9.59 Å². The zero-order chi connectivity index (χ0) is 29.8. The van der Waals surface area contributed by atoms with Gasteiger partial charge in [-0.05, 0) is 36.8 Å². The first-order valence-electron chi connectivity index (χ1n) is 13.2. The Hall–Kier alpha value is -4.83. The first kappa shape index (κ1) is 28.7. The van der Waals surface area contributed by atoms with Gasteiger partial charge in [0.15, 0.2) is 27.8 Å². The molecule has 9 nitrogen and oxygen atoms in total. The van der Waals surface area contributed by atoms with Crippen LogP contribution in [0, 0.1) is 0 Å². The number of thiazole rings is 1. The maximum Gasteiger partial charge on any atom is 0.338 e. The Morgan fingerprint density at radius 2 is 1.64 bits per heavy atom. The smallest absolute Gasteiger partial charge is 0.338 e. The summed E-state index contributed by atoms with van der Waals surface area (Å²) in [7, 11) is 6.18. The van der Waals surface area contributed by atoms with Gasteiger partial charge in [0.1, 0.15) is 6.04 Å². The normalized spacial score (nSPS) is 14.6. The summed E-state index contributed by atoms with van der Waals surface area (Å²) >= 11 is 1.23. The van der Waals surface area contributed by atoms with E-state index in [2.05, 4.69) is 0 Å². The van der Waals surface area contributed by atoms with Crippen molar-refractivity contribution in [1.29, 1.82) is 0 Å². The molecule has 42 heavy (non-hydrogen) atoms. The molecule has 1 atom stereocenters. The predicted molar refractivity (Wildman–Crippen MR) is 160 cm³/mol. The van der Waals surface area contributed by atoms with Crippen molar-refractivity contribution >= 4 is 29.1 Å². The molecule has 2 heterocycles. The topological polar surface area (TPSA) is 97.6 Å². The quantitative estimate of drug-likeness (QED) is 0.274. The minimum atomic E-state index is -0.909. The molecule has 0 amide bonds. The summed E-state index contributed by atoms with van der Waals surface area (Å²) in [5.41, 5.74) is 2.33. The Morgan fingerprint density at radius 1 is 0.905 bits per heavy atom. The summed E-state index contributed by atoms with van der Waals surface area (Å²) in [6.07, 6.45) is 1.77. The number of carbonyl (C=O) groups excluding carboxylic acids is 1. The second-order valence-electron chi connectivity index (χ2n) is 9.13. The van der Waals surface area contributed by atoms with E-state index in [0.717, 1.165) is 5.56 Å². The second kappa shape index (κ2) is 12.4. The maximum atomic E-state index is 14.2. The molecule has 1 aromatic heterocycles. The average molecular weight is 587 g/mol. The highest BCUT2D eigenvalue weighted by atomic mass is 32.1. The molecule has 0 aliphatic carbocycles. The van der Waals surface area contributed by atoms with Gasteiger partial charge in [-0.1, -0.05) is 59.9 Å². The zero-order valence-electron chi connectivity index (χ0n) is 23.9. The number of esters is 1. The van der Waals surface area contributed by atoms with Crippen LogP contribution in [0.2, 0.25) is 0 Å². The van der Waals surface area contributed by atoms with Crippen molar-refractivity contribution in [3.8, 4) is 23.0 Å². The fourth-order valence-corrected chi connectivity index (χ4v) is 5.96. The number of benzene rings is 3. The minimum absolute atomic E-state index is 0.149. The lowest BCUT2D eigenvalue weighted by molar-refractivity contribution is -0.138. The third kappa shape index (κ3) is 5.16. The van der Waals surface area contributed by atoms with Crippen molar-refractivity contribution < 1.29 is 28.5 Å². The van der Waals surface area contributed by atoms with Gasteiger partial charge >= 0.3 is 5.97 Å². The van der Waals surface area contributed by atoms with Gasteiger partial charge in [0.25, 0.3) is 5.56 Å². The average Bonchev–Trinajstić information content (AvgIpc) is 3.34. The van der Waals surface area contributed by atoms with Crippen LogP contribution in [0.15, 0.2) is 82.1 Å². The molecule has 0 bridgehead atoms. The number of rotatable bonds is 9. The first-order valence-corrected chi connectivity index (χ1v) is 14.0. The van der Waals surface area contributed by atoms with Gasteiger partial charge in [0.2, 0.25) is 0 Å². The number of methoxy groups -OCH3 is 4. The standard InChI is InChI=1S/C32H30N2O7S/c1-6-41-31(36)26-27(20-11-8-7-9-12-20)33-32-34(28(26)21-13-10-14-23(38-3)29(21)40-5)30(35)25(42-32)18-19-15-16-22(37-2)24(17-19)39-4/h7-18,28H,6H2,1-5H3/t28-/m1/s1. The molecule has 216 valence electrons. The largest absolute Gasteiger partial charge is 0.493 e. The third-order valence-electron chi connectivity index (χ3n) is 6.81. The summed E-state index contributed by atoms with van der Waals surface area (Å²) < 4.78 is 29.6. The Bertz CT molecular complexity index is 1840. The molecule has 0 saturated heterocycles. The highest BCUT2D eigenvalue weighted by Gasteiger charge is 2.37. The first-order chi connectivity index (χ1) is 20.4. The van der Waals surface area contributed by atoms with E-state index < -0.39 is 12.0 Å². The molecule has 1 aliphatic heterocycles. The molecular formula is C32H30N2O7S. The van der Waals surface area contributed by atoms with Crippen molar-refractivity contribution in [2.75, 3.05) is 35.0 Å². The van der Waals surface area contributed by atoms with Crippen molar-refractivity contribution in [2.45, 2.75) is 13.0 Å². The lowest BCUT2D eigenvalue weighted by atomic mass is 9.92. The van der Waals surface area contributed by atoms with Gasteiger partial charge < -0.3 is 23.7 Å². The van der Waals surface area contributed by atoms with Gasteiger partial charge in [-0.25, -0.2) is 9.79 Å². The van der Waals surface area contributed by atoms with Crippen LogP contribution in [0.4, 0.5) is 0 Å². The third-order valence-corrected chi connectivity index (χ3v) is 7.79. The van der Waals surface area contributed by atoms with Crippen LogP contribution in [0.3, 0.4) is 0 Å². The summed E-state index contributed by atoms with van der Waals surface area (Å²) in [6, 6.07) is 19.2. The summed E-state index contributed by atoms with van der Waals surface area (Å²) in [5, 5.41) is 0. The molecule has 0 saturated carbocycles. The Labute approximate surface area is 246 Å². The molecule has 4 aromatic rings. The maximum absolute atomic E-state index is 14.2. The monoisotopic (exact) mass is 586 g/mol. The van der Waals surface area contributed by atoms with Crippen LogP contribution in [0.25, 0.3) is 11.8 Å². The SMILES string of the molecule is CCOC(=O)C1=C(c2ccccc2)N=c2sc(=Cc3ccc(OC)c(OC)c3)c(=O)n2[C@@H]1c1cccc(OC)c1OC. The fraction of sp³-hybridized carbons (Fsp3) is 0.219. The predicted octanol–water partition coefficient (Wildman–Crippen LogP) is 3.97. The number of fused-ring (bicyclic) bond motifs is 1. The van der Waals surface area contributed by atoms with Gasteiger partial charge in [0.05, 0.1) is 50.8 Å². The highest BCUT2D eigenvalue weighted by Crippen LogP contribution is 2.42. The molecule has 3 aromatic carbocycles. The second-order valence-corrected chi connectivity index (χ2v) is 10.1. The van der Waals surface area contributed by atoms with Crippen LogP contribution in [-0.2, 0) is 9.53 Å². The van der Waals surface area contributed by atoms with E-state index in [1.807, 2.05) is 42.5 Å². The minimum Gasteiger partial charge on any atom is -0.493 e. The summed E-state index contributed by atoms with van der Waals surface area (Å²) in [5.74, 6) is 1.39. The Balaban J connectivity index is 1.85. The fourth-order valence-electron chi connectivity index (χ4n) is 4.96. The number of carbonyl (C=O) groups is 1. The van der Waals surface area contributed by atoms with Crippen molar-refractivity contribution in [2.24, 2.45) is 4.99 Å². The van der Waals surface area contributed by atoms with E-state index in [1.54, 1.807) is 51.5 Å². The molecule has 0 fully saturated rings. The molecule has 0 radical (unpaired) electrons. The molecule has 0 spiro atoms. The van der Waals surface area contributed by atoms with Crippen LogP contribution >= 0.6 is 11.3 Å². The van der Waals surface area contributed by atoms with Crippen LogP contribution in [0.1, 0.15) is 29.7 Å². The Kier molecular flexibility index (Phi) is 8.44. The number of aromatic nitrogens is 1. The van der Waals surface area contributed by atoms with E-state index in [0.29, 0.717) is 49.2 Å². The Morgan fingerprint density at radius 3 is 2.31 bits per heavy atom. The van der Waals surface area contributed by atoms with Gasteiger partial charge in [-0.3, -0.25) is 9.36 Å². The van der Waals surface area contributed by atoms with Crippen LogP contribution in [0.5, 0.6) is 23.0 Å². The highest BCUT2D eigenvalue weighted by molar-refractivity contribution is 7.07. The summed E-state index contributed by atoms with van der Waals surface area (Å²) in [4.78, 5) is 33.2. The molecular weight excluding hydrogens is 556 g/mol. The van der Waals surface area contributed by atoms with Crippen LogP contribution < -0.4 is 33.8 Å². The molecule has 5 rings (SSSR count). The van der Waals surface area contributed by atoms with E-state index >= 15 is 0 Å². The number of ether oxygens (including phenoxy) is 5. The van der Waals surface area contributed by atoms with Crippen molar-refractivity contribution in [1.82, 2.24) is 4.57 Å². The van der Waals surface area contributed by atoms with Crippen LogP contribution in [-0.4, -0.2) is 45.6 Å². The summed E-state index contributed by atoms with van der Waals surface area (Å²) in [6.45, 7) is 1.89. The van der Waals surface area contributed by atoms with Gasteiger partial charge in [0, 0.05) is 11.1 Å². The molecule has 1 aliphatic rings. The number of para-hydroxylation sites is 1. The molecule has 0 N–H and O–H groups in total. The lowest BCUT2D eigenvalue weighted by Crippen LogP contribution is -2.40. The number of hydrogen-bond donors (Lipinski definition) is 0. The van der Waals surface area contributed by atoms with Crippen molar-refractivity contribution in [3.63, 3.8) is 0 Å². The van der Waals surface area contributed by atoms with E-state index in [4.69, 9.17) is 28.7 Å². The van der Waals surface area contributed by atoms with Crippen molar-refractivity contribution in [3.05, 3.63) is 109 Å². The molecule has 10 heteroatoms.